The maximum atomic E-state index is 3.78. The molecule has 110 valence electrons. The maximum Gasteiger partial charge on any atom is 0.0116 e. The Labute approximate surface area is 119 Å². The summed E-state index contributed by atoms with van der Waals surface area (Å²) in [5, 5.41) is 3.78. The van der Waals surface area contributed by atoms with Crippen molar-refractivity contribution < 1.29 is 0 Å². The highest BCUT2D eigenvalue weighted by Crippen LogP contribution is 2.41. The molecule has 19 heavy (non-hydrogen) atoms. The van der Waals surface area contributed by atoms with Crippen molar-refractivity contribution in [2.75, 3.05) is 6.54 Å². The van der Waals surface area contributed by atoms with Crippen molar-refractivity contribution in [1.82, 2.24) is 10.2 Å². The Morgan fingerprint density at radius 3 is 2.05 bits per heavy atom. The lowest BCUT2D eigenvalue weighted by atomic mass is 9.84. The second kappa shape index (κ2) is 6.13. The first kappa shape index (κ1) is 13.9. The van der Waals surface area contributed by atoms with Crippen LogP contribution in [0.1, 0.15) is 71.6 Å². The molecule has 2 aliphatic heterocycles. The van der Waals surface area contributed by atoms with Gasteiger partial charge in [-0.15, -0.1) is 0 Å². The summed E-state index contributed by atoms with van der Waals surface area (Å²) >= 11 is 0. The highest BCUT2D eigenvalue weighted by Gasteiger charge is 2.43. The van der Waals surface area contributed by atoms with Crippen LogP contribution < -0.4 is 5.32 Å². The largest absolute Gasteiger partial charge is 0.314 e. The molecule has 3 rings (SSSR count). The van der Waals surface area contributed by atoms with Crippen molar-refractivity contribution in [3.8, 4) is 0 Å². The van der Waals surface area contributed by atoms with Crippen LogP contribution in [0.4, 0.5) is 0 Å². The summed E-state index contributed by atoms with van der Waals surface area (Å²) in [6.07, 6.45) is 12.9. The zero-order valence-corrected chi connectivity index (χ0v) is 12.9. The fraction of sp³-hybridized carbons (Fsp3) is 1.00. The topological polar surface area (TPSA) is 15.3 Å². The normalized spacial score (nSPS) is 43.6. The van der Waals surface area contributed by atoms with E-state index < -0.39 is 0 Å². The van der Waals surface area contributed by atoms with Gasteiger partial charge in [-0.2, -0.15) is 0 Å². The Kier molecular flexibility index (Phi) is 4.48. The average molecular weight is 264 g/mol. The fourth-order valence-corrected chi connectivity index (χ4v) is 4.87. The van der Waals surface area contributed by atoms with Crippen LogP contribution in [-0.4, -0.2) is 35.6 Å². The van der Waals surface area contributed by atoms with Crippen LogP contribution in [-0.2, 0) is 0 Å². The third kappa shape index (κ3) is 3.00. The van der Waals surface area contributed by atoms with E-state index in [2.05, 4.69) is 24.1 Å². The van der Waals surface area contributed by atoms with Gasteiger partial charge in [0.1, 0.15) is 0 Å². The van der Waals surface area contributed by atoms with Crippen LogP contribution in [0.5, 0.6) is 0 Å². The molecule has 1 saturated carbocycles. The molecule has 2 atom stereocenters. The van der Waals surface area contributed by atoms with Crippen LogP contribution in [0.3, 0.4) is 0 Å². The van der Waals surface area contributed by atoms with E-state index in [9.17, 15) is 0 Å². The molecule has 2 saturated heterocycles. The highest BCUT2D eigenvalue weighted by atomic mass is 15.3. The van der Waals surface area contributed by atoms with Gasteiger partial charge in [0.2, 0.25) is 0 Å². The van der Waals surface area contributed by atoms with Gasteiger partial charge in [0.25, 0.3) is 0 Å². The molecule has 2 heteroatoms. The van der Waals surface area contributed by atoms with Crippen LogP contribution >= 0.6 is 0 Å². The van der Waals surface area contributed by atoms with Crippen LogP contribution in [0.25, 0.3) is 0 Å². The first-order valence-corrected chi connectivity index (χ1v) is 8.78. The number of hydrogen-bond acceptors (Lipinski definition) is 2. The van der Waals surface area contributed by atoms with Crippen LogP contribution in [0.2, 0.25) is 0 Å². The van der Waals surface area contributed by atoms with E-state index in [1.807, 2.05) is 0 Å². The summed E-state index contributed by atoms with van der Waals surface area (Å²) in [4.78, 5) is 2.97. The van der Waals surface area contributed by atoms with E-state index in [1.54, 1.807) is 0 Å². The molecule has 1 N–H and O–H groups in total. The maximum absolute atomic E-state index is 3.78. The van der Waals surface area contributed by atoms with Crippen molar-refractivity contribution in [1.29, 1.82) is 0 Å². The van der Waals surface area contributed by atoms with Crippen LogP contribution in [0.15, 0.2) is 0 Å². The van der Waals surface area contributed by atoms with Gasteiger partial charge in [-0.1, -0.05) is 13.8 Å². The van der Waals surface area contributed by atoms with Gasteiger partial charge in [0, 0.05) is 24.2 Å². The molecule has 3 fully saturated rings. The summed E-state index contributed by atoms with van der Waals surface area (Å²) in [5.41, 5.74) is 0. The molecule has 0 radical (unpaired) electrons. The Morgan fingerprint density at radius 2 is 1.47 bits per heavy atom. The Morgan fingerprint density at radius 1 is 0.895 bits per heavy atom. The summed E-state index contributed by atoms with van der Waals surface area (Å²) in [6, 6.07) is 3.56. The lowest BCUT2D eigenvalue weighted by molar-refractivity contribution is 0.0448. The molecule has 2 bridgehead atoms. The minimum atomic E-state index is 0.816. The molecule has 0 spiro atoms. The number of fused-ring (bicyclic) bond motifs is 2. The van der Waals surface area contributed by atoms with Crippen molar-refractivity contribution in [2.45, 2.75) is 95.8 Å². The zero-order valence-electron chi connectivity index (χ0n) is 12.9. The molecular formula is C17H32N2. The Balaban J connectivity index is 1.57. The van der Waals surface area contributed by atoms with E-state index in [4.69, 9.17) is 0 Å². The predicted molar refractivity (Wildman–Crippen MR) is 81.4 cm³/mol. The fourth-order valence-electron chi connectivity index (χ4n) is 4.87. The van der Waals surface area contributed by atoms with E-state index in [1.165, 1.54) is 64.3 Å². The molecule has 1 aliphatic carbocycles. The second-order valence-corrected chi connectivity index (χ2v) is 7.37. The summed E-state index contributed by atoms with van der Waals surface area (Å²) in [6.45, 7) is 5.93. The molecule has 0 amide bonds. The first-order chi connectivity index (χ1) is 9.28. The van der Waals surface area contributed by atoms with Crippen molar-refractivity contribution >= 4 is 0 Å². The summed E-state index contributed by atoms with van der Waals surface area (Å²) < 4.78 is 0. The van der Waals surface area contributed by atoms with Crippen molar-refractivity contribution in [2.24, 2.45) is 5.92 Å². The Hall–Kier alpha value is -0.0800. The van der Waals surface area contributed by atoms with Gasteiger partial charge in [-0.05, 0) is 70.3 Å². The van der Waals surface area contributed by atoms with Gasteiger partial charge in [-0.3, -0.25) is 4.90 Å². The standard InChI is InChI=1S/C17H32N2/c1-3-10-18-14-11-16-8-9-17(12-14)19(16)15-6-4-13(2)5-7-15/h13-18H,3-12H2,1-2H3. The lowest BCUT2D eigenvalue weighted by Crippen LogP contribution is -2.53. The zero-order chi connectivity index (χ0) is 13.2. The van der Waals surface area contributed by atoms with E-state index in [-0.39, 0.29) is 0 Å². The molecule has 0 aromatic carbocycles. The predicted octanol–water partition coefficient (Wildman–Crippen LogP) is 3.56. The molecule has 0 aromatic rings. The molecule has 0 aromatic heterocycles. The SMILES string of the molecule is CCCNC1CC2CCC(C1)N2C1CCC(C)CC1. The molecule has 2 unspecified atom stereocenters. The smallest absolute Gasteiger partial charge is 0.0116 e. The molecule has 2 nitrogen and oxygen atoms in total. The van der Waals surface area contributed by atoms with Gasteiger partial charge >= 0.3 is 0 Å². The minimum absolute atomic E-state index is 0.816. The molecule has 2 heterocycles. The number of nitrogens with zero attached hydrogens (tertiary/aromatic N) is 1. The highest BCUT2D eigenvalue weighted by molar-refractivity contribution is 5.00. The Bertz CT molecular complexity index is 269. The number of nitrogens with one attached hydrogen (secondary N) is 1. The summed E-state index contributed by atoms with van der Waals surface area (Å²) in [5.74, 6) is 0.984. The first-order valence-electron chi connectivity index (χ1n) is 8.78. The van der Waals surface area contributed by atoms with E-state index in [0.29, 0.717) is 0 Å². The number of piperidine rings is 1. The third-order valence-corrected chi connectivity index (χ3v) is 5.88. The van der Waals surface area contributed by atoms with Crippen molar-refractivity contribution in [3.63, 3.8) is 0 Å². The average Bonchev–Trinajstić information content (AvgIpc) is 2.69. The van der Waals surface area contributed by atoms with Gasteiger partial charge in [-0.25, -0.2) is 0 Å². The van der Waals surface area contributed by atoms with Gasteiger partial charge in [0.05, 0.1) is 0 Å². The van der Waals surface area contributed by atoms with E-state index in [0.717, 1.165) is 30.1 Å². The third-order valence-electron chi connectivity index (χ3n) is 5.88. The van der Waals surface area contributed by atoms with Crippen molar-refractivity contribution in [3.05, 3.63) is 0 Å². The lowest BCUT2D eigenvalue weighted by Gasteiger charge is -2.46. The van der Waals surface area contributed by atoms with Crippen LogP contribution in [0, 0.1) is 5.92 Å². The quantitative estimate of drug-likeness (QED) is 0.835. The monoisotopic (exact) mass is 264 g/mol. The number of rotatable bonds is 4. The molecular weight excluding hydrogens is 232 g/mol. The molecule has 3 aliphatic rings. The number of hydrogen-bond donors (Lipinski definition) is 1. The minimum Gasteiger partial charge on any atom is -0.314 e. The summed E-state index contributed by atoms with van der Waals surface area (Å²) in [7, 11) is 0. The second-order valence-electron chi connectivity index (χ2n) is 7.37. The van der Waals surface area contributed by atoms with Gasteiger partial charge < -0.3 is 5.32 Å². The van der Waals surface area contributed by atoms with E-state index >= 15 is 0 Å². The van der Waals surface area contributed by atoms with Gasteiger partial charge in [0.15, 0.2) is 0 Å².